The largest absolute Gasteiger partial charge is 0.329 e. The average Bonchev–Trinajstić information content (AvgIpc) is 2.51. The Morgan fingerprint density at radius 3 is 2.77 bits per heavy atom. The van der Waals surface area contributed by atoms with Crippen molar-refractivity contribution in [2.24, 2.45) is 5.73 Å². The van der Waals surface area contributed by atoms with Gasteiger partial charge in [-0.3, -0.25) is 4.90 Å². The number of hydrogen-bond donors (Lipinski definition) is 1. The molecule has 2 N–H and O–H groups in total. The van der Waals surface area contributed by atoms with Gasteiger partial charge in [-0.25, -0.2) is 0 Å². The van der Waals surface area contributed by atoms with Gasteiger partial charge in [0.25, 0.3) is 0 Å². The van der Waals surface area contributed by atoms with E-state index in [-0.39, 0.29) is 0 Å². The lowest BCUT2D eigenvalue weighted by Gasteiger charge is -2.46. The van der Waals surface area contributed by atoms with Crippen LogP contribution in [0.3, 0.4) is 0 Å². The molecule has 1 saturated carbocycles. The van der Waals surface area contributed by atoms with Gasteiger partial charge in [-0.15, -0.1) is 0 Å². The predicted octanol–water partition coefficient (Wildman–Crippen LogP) is 1.30. The Kier molecular flexibility index (Phi) is 3.17. The first-order chi connectivity index (χ1) is 6.36. The second kappa shape index (κ2) is 4.20. The molecule has 0 aromatic rings. The van der Waals surface area contributed by atoms with Gasteiger partial charge in [0.2, 0.25) is 0 Å². The van der Waals surface area contributed by atoms with Gasteiger partial charge in [0, 0.05) is 30.4 Å². The summed E-state index contributed by atoms with van der Waals surface area (Å²) in [5, 5.41) is 0.884. The van der Waals surface area contributed by atoms with Crippen molar-refractivity contribution in [3.05, 3.63) is 0 Å². The standard InChI is InChI=1S/C10H20N2S/c1-13-10-4-2-3-9(10)12-6-5-8(12)7-11/h8-10H,2-7,11H2,1H3. The topological polar surface area (TPSA) is 29.3 Å². The van der Waals surface area contributed by atoms with E-state index >= 15 is 0 Å². The van der Waals surface area contributed by atoms with Gasteiger partial charge in [-0.1, -0.05) is 6.42 Å². The first-order valence-corrected chi connectivity index (χ1v) is 6.64. The lowest BCUT2D eigenvalue weighted by molar-refractivity contribution is 0.0515. The van der Waals surface area contributed by atoms with Crippen molar-refractivity contribution in [3.63, 3.8) is 0 Å². The summed E-state index contributed by atoms with van der Waals surface area (Å²) in [5.41, 5.74) is 5.73. The van der Waals surface area contributed by atoms with Crippen LogP contribution < -0.4 is 5.73 Å². The molecule has 0 amide bonds. The second-order valence-electron chi connectivity index (χ2n) is 4.19. The number of thioether (sulfide) groups is 1. The average molecular weight is 200 g/mol. The van der Waals surface area contributed by atoms with Crippen LogP contribution in [0.15, 0.2) is 0 Å². The minimum Gasteiger partial charge on any atom is -0.329 e. The molecule has 0 bridgehead atoms. The molecule has 3 unspecified atom stereocenters. The molecule has 76 valence electrons. The summed E-state index contributed by atoms with van der Waals surface area (Å²) < 4.78 is 0. The van der Waals surface area contributed by atoms with Crippen molar-refractivity contribution in [3.8, 4) is 0 Å². The molecular formula is C10H20N2S. The van der Waals surface area contributed by atoms with Gasteiger partial charge in [0.05, 0.1) is 0 Å². The van der Waals surface area contributed by atoms with Crippen molar-refractivity contribution >= 4 is 11.8 Å². The highest BCUT2D eigenvalue weighted by molar-refractivity contribution is 7.99. The molecule has 13 heavy (non-hydrogen) atoms. The van der Waals surface area contributed by atoms with E-state index in [1.165, 1.54) is 32.2 Å². The smallest absolute Gasteiger partial charge is 0.0233 e. The van der Waals surface area contributed by atoms with Crippen LogP contribution in [0.5, 0.6) is 0 Å². The zero-order valence-corrected chi connectivity index (χ0v) is 9.22. The summed E-state index contributed by atoms with van der Waals surface area (Å²) in [6.45, 7) is 2.15. The van der Waals surface area contributed by atoms with Crippen LogP contribution in [0.25, 0.3) is 0 Å². The molecule has 2 nitrogen and oxygen atoms in total. The second-order valence-corrected chi connectivity index (χ2v) is 5.27. The van der Waals surface area contributed by atoms with Crippen molar-refractivity contribution in [1.29, 1.82) is 0 Å². The Morgan fingerprint density at radius 1 is 1.38 bits per heavy atom. The zero-order chi connectivity index (χ0) is 9.26. The summed E-state index contributed by atoms with van der Waals surface area (Å²) >= 11 is 2.05. The number of nitrogens with two attached hydrogens (primary N) is 1. The fourth-order valence-corrected chi connectivity index (χ4v) is 3.72. The Labute approximate surface area is 85.2 Å². The zero-order valence-electron chi connectivity index (χ0n) is 8.41. The molecule has 0 aromatic carbocycles. The van der Waals surface area contributed by atoms with Gasteiger partial charge >= 0.3 is 0 Å². The van der Waals surface area contributed by atoms with E-state index in [0.717, 1.165) is 17.8 Å². The molecule has 0 spiro atoms. The third-order valence-corrected chi connectivity index (χ3v) is 4.76. The fraction of sp³-hybridized carbons (Fsp3) is 1.00. The van der Waals surface area contributed by atoms with Gasteiger partial charge in [0.1, 0.15) is 0 Å². The molecule has 2 aliphatic rings. The predicted molar refractivity (Wildman–Crippen MR) is 59.1 cm³/mol. The lowest BCUT2D eigenvalue weighted by Crippen LogP contribution is -2.57. The van der Waals surface area contributed by atoms with Crippen molar-refractivity contribution in [2.75, 3.05) is 19.3 Å². The number of likely N-dealkylation sites (tertiary alicyclic amines) is 1. The number of rotatable bonds is 3. The Balaban J connectivity index is 1.92. The Morgan fingerprint density at radius 2 is 2.23 bits per heavy atom. The third-order valence-electron chi connectivity index (χ3n) is 3.61. The number of nitrogens with zero attached hydrogens (tertiary/aromatic N) is 1. The molecule has 1 aliphatic heterocycles. The maximum absolute atomic E-state index is 5.73. The quantitative estimate of drug-likeness (QED) is 0.744. The van der Waals surface area contributed by atoms with Crippen molar-refractivity contribution < 1.29 is 0 Å². The van der Waals surface area contributed by atoms with Crippen LogP contribution in [0.2, 0.25) is 0 Å². The summed E-state index contributed by atoms with van der Waals surface area (Å²) in [4.78, 5) is 2.65. The van der Waals surface area contributed by atoms with E-state index in [9.17, 15) is 0 Å². The molecule has 0 aromatic heterocycles. The van der Waals surface area contributed by atoms with Crippen LogP contribution in [0.4, 0.5) is 0 Å². The highest BCUT2D eigenvalue weighted by atomic mass is 32.2. The Bertz CT molecular complexity index is 172. The van der Waals surface area contributed by atoms with Crippen LogP contribution >= 0.6 is 11.8 Å². The van der Waals surface area contributed by atoms with Crippen LogP contribution in [-0.4, -0.2) is 41.6 Å². The summed E-state index contributed by atoms with van der Waals surface area (Å²) in [7, 11) is 0. The van der Waals surface area contributed by atoms with Crippen molar-refractivity contribution in [1.82, 2.24) is 4.90 Å². The molecule has 2 fully saturated rings. The van der Waals surface area contributed by atoms with Crippen LogP contribution in [0, 0.1) is 0 Å². The SMILES string of the molecule is CSC1CCCC1N1CCC1CN. The molecule has 0 radical (unpaired) electrons. The highest BCUT2D eigenvalue weighted by Crippen LogP contribution is 2.36. The summed E-state index contributed by atoms with van der Waals surface area (Å²) in [6, 6.07) is 1.55. The van der Waals surface area contributed by atoms with Crippen LogP contribution in [0.1, 0.15) is 25.7 Å². The monoisotopic (exact) mass is 200 g/mol. The molecule has 2 rings (SSSR count). The van der Waals surface area contributed by atoms with Crippen molar-refractivity contribution in [2.45, 2.75) is 43.0 Å². The van der Waals surface area contributed by atoms with E-state index in [1.54, 1.807) is 0 Å². The van der Waals surface area contributed by atoms with Gasteiger partial charge in [-0.05, 0) is 25.5 Å². The van der Waals surface area contributed by atoms with Gasteiger partial charge < -0.3 is 5.73 Å². The highest BCUT2D eigenvalue weighted by Gasteiger charge is 2.38. The molecule has 1 aliphatic carbocycles. The fourth-order valence-electron chi connectivity index (χ4n) is 2.71. The lowest BCUT2D eigenvalue weighted by atomic mass is 9.99. The molecule has 1 heterocycles. The van der Waals surface area contributed by atoms with E-state index in [0.29, 0.717) is 6.04 Å². The van der Waals surface area contributed by atoms with Gasteiger partial charge in [-0.2, -0.15) is 11.8 Å². The van der Waals surface area contributed by atoms with E-state index in [2.05, 4.69) is 11.2 Å². The minimum atomic E-state index is 0.706. The van der Waals surface area contributed by atoms with Crippen LogP contribution in [-0.2, 0) is 0 Å². The normalized spacial score (nSPS) is 40.6. The summed E-state index contributed by atoms with van der Waals surface area (Å²) in [5.74, 6) is 0. The maximum Gasteiger partial charge on any atom is 0.0233 e. The number of hydrogen-bond acceptors (Lipinski definition) is 3. The van der Waals surface area contributed by atoms with E-state index in [1.807, 2.05) is 11.8 Å². The molecule has 3 heteroatoms. The molecular weight excluding hydrogens is 180 g/mol. The first kappa shape index (κ1) is 9.81. The van der Waals surface area contributed by atoms with Gasteiger partial charge in [0.15, 0.2) is 0 Å². The van der Waals surface area contributed by atoms with E-state index < -0.39 is 0 Å². The first-order valence-electron chi connectivity index (χ1n) is 5.35. The molecule has 3 atom stereocenters. The third kappa shape index (κ3) is 1.74. The van der Waals surface area contributed by atoms with E-state index in [4.69, 9.17) is 5.73 Å². The Hall–Kier alpha value is 0.270. The molecule has 1 saturated heterocycles. The minimum absolute atomic E-state index is 0.706. The summed E-state index contributed by atoms with van der Waals surface area (Å²) in [6.07, 6.45) is 7.82. The maximum atomic E-state index is 5.73.